The maximum Gasteiger partial charge on any atom is 0.226 e. The van der Waals surface area contributed by atoms with Gasteiger partial charge in [0.1, 0.15) is 12.7 Å². The summed E-state index contributed by atoms with van der Waals surface area (Å²) in [6.45, 7) is 2.56. The maximum absolute atomic E-state index is 13.0. The Hall–Kier alpha value is -2.70. The number of carbonyl (C=O) groups is 2. The standard InChI is InChI=1S/C25H33N5O2/c1-17(21-4-6-22(7-5-21)30-16-26-15-28-30)29-23(31)3-2-8-27-24(32)25-12-18-9-19(13-25)11-20(10-18)14-25/h4-7,15-20H,2-3,8-14H2,1H3,(H,27,32)(H,29,31). The van der Waals surface area contributed by atoms with Crippen molar-refractivity contribution in [1.82, 2.24) is 25.4 Å². The molecule has 1 heterocycles. The van der Waals surface area contributed by atoms with E-state index in [1.54, 1.807) is 11.0 Å². The monoisotopic (exact) mass is 435 g/mol. The minimum atomic E-state index is -0.107. The second-order valence-electron chi connectivity index (χ2n) is 10.3. The summed E-state index contributed by atoms with van der Waals surface area (Å²) in [5.74, 6) is 2.57. The van der Waals surface area contributed by atoms with E-state index in [1.165, 1.54) is 25.6 Å². The Morgan fingerprint density at radius 1 is 1.09 bits per heavy atom. The molecule has 0 spiro atoms. The normalized spacial score (nSPS) is 29.0. The van der Waals surface area contributed by atoms with E-state index in [9.17, 15) is 9.59 Å². The molecule has 4 aliphatic rings. The third kappa shape index (κ3) is 4.30. The molecule has 0 aliphatic heterocycles. The van der Waals surface area contributed by atoms with Gasteiger partial charge in [-0.2, -0.15) is 5.10 Å². The molecule has 32 heavy (non-hydrogen) atoms. The minimum Gasteiger partial charge on any atom is -0.356 e. The number of benzene rings is 1. The molecule has 1 unspecified atom stereocenters. The molecule has 2 amide bonds. The maximum atomic E-state index is 13.0. The molecule has 1 aromatic heterocycles. The molecule has 7 heteroatoms. The number of carbonyl (C=O) groups excluding carboxylic acids is 2. The highest BCUT2D eigenvalue weighted by Gasteiger charge is 2.54. The zero-order valence-corrected chi connectivity index (χ0v) is 18.8. The summed E-state index contributed by atoms with van der Waals surface area (Å²) in [6.07, 6.45) is 11.5. The van der Waals surface area contributed by atoms with Gasteiger partial charge in [-0.25, -0.2) is 9.67 Å². The van der Waals surface area contributed by atoms with Gasteiger partial charge in [0.15, 0.2) is 0 Å². The van der Waals surface area contributed by atoms with Gasteiger partial charge in [-0.1, -0.05) is 12.1 Å². The summed E-state index contributed by atoms with van der Waals surface area (Å²) in [5, 5.41) is 10.3. The lowest BCUT2D eigenvalue weighted by molar-refractivity contribution is -0.146. The van der Waals surface area contributed by atoms with E-state index >= 15 is 0 Å². The van der Waals surface area contributed by atoms with Crippen molar-refractivity contribution in [2.75, 3.05) is 6.54 Å². The SMILES string of the molecule is CC(NC(=O)CCCNC(=O)C12CC3CC(CC(C3)C1)C2)c1ccc(-n2cncn2)cc1. The molecule has 0 radical (unpaired) electrons. The first-order valence-electron chi connectivity index (χ1n) is 12.0. The smallest absolute Gasteiger partial charge is 0.226 e. The van der Waals surface area contributed by atoms with Crippen LogP contribution in [0.5, 0.6) is 0 Å². The number of hydrogen-bond donors (Lipinski definition) is 2. The van der Waals surface area contributed by atoms with Crippen LogP contribution >= 0.6 is 0 Å². The minimum absolute atomic E-state index is 0.0157. The molecule has 4 fully saturated rings. The van der Waals surface area contributed by atoms with Gasteiger partial charge in [-0.05, 0) is 87.3 Å². The predicted molar refractivity (Wildman–Crippen MR) is 121 cm³/mol. The van der Waals surface area contributed by atoms with E-state index in [0.29, 0.717) is 19.4 Å². The fourth-order valence-electron chi connectivity index (χ4n) is 6.68. The van der Waals surface area contributed by atoms with Crippen LogP contribution in [0.25, 0.3) is 5.69 Å². The average molecular weight is 436 g/mol. The summed E-state index contributed by atoms with van der Waals surface area (Å²) >= 11 is 0. The van der Waals surface area contributed by atoms with Crippen molar-refractivity contribution >= 4 is 11.8 Å². The molecule has 0 saturated heterocycles. The van der Waals surface area contributed by atoms with E-state index in [4.69, 9.17) is 0 Å². The van der Waals surface area contributed by atoms with E-state index in [-0.39, 0.29) is 23.3 Å². The summed E-state index contributed by atoms with van der Waals surface area (Å²) in [6, 6.07) is 7.84. The molecule has 4 saturated carbocycles. The molecule has 2 N–H and O–H groups in total. The third-order valence-corrected chi connectivity index (χ3v) is 7.84. The molecule has 1 atom stereocenters. The number of rotatable bonds is 8. The lowest BCUT2D eigenvalue weighted by Gasteiger charge is -2.55. The van der Waals surface area contributed by atoms with E-state index in [0.717, 1.165) is 48.3 Å². The first-order valence-corrected chi connectivity index (χ1v) is 12.0. The second-order valence-corrected chi connectivity index (χ2v) is 10.3. The van der Waals surface area contributed by atoms with Gasteiger partial charge < -0.3 is 10.6 Å². The highest BCUT2D eigenvalue weighted by molar-refractivity contribution is 5.83. The van der Waals surface area contributed by atoms with Crippen LogP contribution < -0.4 is 10.6 Å². The fraction of sp³-hybridized carbons (Fsp3) is 0.600. The van der Waals surface area contributed by atoms with Gasteiger partial charge >= 0.3 is 0 Å². The Kier molecular flexibility index (Phi) is 5.74. The van der Waals surface area contributed by atoms with Crippen LogP contribution in [-0.2, 0) is 9.59 Å². The van der Waals surface area contributed by atoms with Crippen LogP contribution in [0.2, 0.25) is 0 Å². The van der Waals surface area contributed by atoms with Crippen molar-refractivity contribution in [2.24, 2.45) is 23.2 Å². The van der Waals surface area contributed by atoms with Gasteiger partial charge in [0, 0.05) is 18.4 Å². The van der Waals surface area contributed by atoms with Crippen molar-refractivity contribution in [2.45, 2.75) is 64.3 Å². The van der Waals surface area contributed by atoms with Crippen molar-refractivity contribution in [1.29, 1.82) is 0 Å². The number of nitrogens with zero attached hydrogens (tertiary/aromatic N) is 3. The highest BCUT2D eigenvalue weighted by atomic mass is 16.2. The fourth-order valence-corrected chi connectivity index (χ4v) is 6.68. The predicted octanol–water partition coefficient (Wildman–Crippen LogP) is 3.56. The Morgan fingerprint density at radius 3 is 2.34 bits per heavy atom. The topological polar surface area (TPSA) is 88.9 Å². The zero-order chi connectivity index (χ0) is 22.1. The number of aromatic nitrogens is 3. The molecule has 170 valence electrons. The van der Waals surface area contributed by atoms with E-state index in [1.807, 2.05) is 31.2 Å². The Bertz CT molecular complexity index is 918. The number of hydrogen-bond acceptors (Lipinski definition) is 4. The molecule has 4 aliphatic carbocycles. The van der Waals surface area contributed by atoms with Crippen LogP contribution in [0.3, 0.4) is 0 Å². The summed E-state index contributed by atoms with van der Waals surface area (Å²) < 4.78 is 1.70. The molecule has 6 rings (SSSR count). The van der Waals surface area contributed by atoms with E-state index in [2.05, 4.69) is 20.7 Å². The van der Waals surface area contributed by atoms with Crippen LogP contribution in [0.15, 0.2) is 36.9 Å². The molecular weight excluding hydrogens is 402 g/mol. The summed E-state index contributed by atoms with van der Waals surface area (Å²) in [7, 11) is 0. The van der Waals surface area contributed by atoms with Gasteiger partial charge in [0.2, 0.25) is 11.8 Å². The van der Waals surface area contributed by atoms with Gasteiger partial charge in [-0.15, -0.1) is 0 Å². The molecule has 4 bridgehead atoms. The van der Waals surface area contributed by atoms with Crippen molar-refractivity contribution < 1.29 is 9.59 Å². The highest BCUT2D eigenvalue weighted by Crippen LogP contribution is 2.60. The third-order valence-electron chi connectivity index (χ3n) is 7.84. The quantitative estimate of drug-likeness (QED) is 0.621. The molecular formula is C25H33N5O2. The number of amides is 2. The van der Waals surface area contributed by atoms with Gasteiger partial charge in [0.05, 0.1) is 11.7 Å². The van der Waals surface area contributed by atoms with Crippen LogP contribution in [0.1, 0.15) is 69.9 Å². The molecule has 2 aromatic rings. The Labute approximate surface area is 189 Å². The van der Waals surface area contributed by atoms with Crippen LogP contribution in [0, 0.1) is 23.2 Å². The number of nitrogens with one attached hydrogen (secondary N) is 2. The second kappa shape index (κ2) is 8.68. The van der Waals surface area contributed by atoms with Crippen LogP contribution in [0.4, 0.5) is 0 Å². The Morgan fingerprint density at radius 2 is 1.75 bits per heavy atom. The summed E-state index contributed by atoms with van der Waals surface area (Å²) in [5.41, 5.74) is 1.86. The van der Waals surface area contributed by atoms with Crippen molar-refractivity contribution in [3.63, 3.8) is 0 Å². The van der Waals surface area contributed by atoms with Crippen molar-refractivity contribution in [3.05, 3.63) is 42.5 Å². The van der Waals surface area contributed by atoms with Crippen LogP contribution in [-0.4, -0.2) is 33.1 Å². The van der Waals surface area contributed by atoms with Gasteiger partial charge in [0.25, 0.3) is 0 Å². The van der Waals surface area contributed by atoms with Gasteiger partial charge in [-0.3, -0.25) is 9.59 Å². The van der Waals surface area contributed by atoms with Crippen molar-refractivity contribution in [3.8, 4) is 5.69 Å². The zero-order valence-electron chi connectivity index (χ0n) is 18.8. The molecule has 7 nitrogen and oxygen atoms in total. The van der Waals surface area contributed by atoms with E-state index < -0.39 is 0 Å². The lowest BCUT2D eigenvalue weighted by atomic mass is 9.49. The largest absolute Gasteiger partial charge is 0.356 e. The first kappa shape index (κ1) is 21.2. The molecule has 1 aromatic carbocycles. The lowest BCUT2D eigenvalue weighted by Crippen LogP contribution is -2.53. The average Bonchev–Trinajstić information content (AvgIpc) is 3.31. The first-order chi connectivity index (χ1) is 15.5. The summed E-state index contributed by atoms with van der Waals surface area (Å²) in [4.78, 5) is 29.4. The Balaban J connectivity index is 1.05.